The topological polar surface area (TPSA) is 80.1 Å². The van der Waals surface area contributed by atoms with E-state index in [2.05, 4.69) is 10.3 Å². The maximum Gasteiger partial charge on any atom is 0.271 e. The molecule has 1 unspecified atom stereocenters. The number of imidazole rings is 1. The number of rotatable bonds is 7. The summed E-state index contributed by atoms with van der Waals surface area (Å²) in [6.07, 6.45) is 6.35. The molecule has 0 radical (unpaired) electrons. The molecule has 2 aromatic carbocycles. The van der Waals surface area contributed by atoms with E-state index in [1.54, 1.807) is 18.6 Å². The fourth-order valence-electron chi connectivity index (χ4n) is 4.48. The van der Waals surface area contributed by atoms with Gasteiger partial charge in [0.2, 0.25) is 5.91 Å². The van der Waals surface area contributed by atoms with Crippen LogP contribution in [0.5, 0.6) is 0 Å². The maximum atomic E-state index is 13.4. The maximum absolute atomic E-state index is 13.4. The third kappa shape index (κ3) is 5.14. The van der Waals surface area contributed by atoms with Crippen molar-refractivity contribution in [3.63, 3.8) is 0 Å². The molecule has 5 rings (SSSR count). The SMILES string of the molecule is O=C(NCCc1cccnc1)c1cn2c(n1)C(c1ccccc1)N(C(=O)Cc1ccccc1)CC2. The molecule has 0 saturated heterocycles. The second kappa shape index (κ2) is 10.3. The third-order valence-corrected chi connectivity index (χ3v) is 6.23. The second-order valence-electron chi connectivity index (χ2n) is 8.61. The number of hydrogen-bond donors (Lipinski definition) is 1. The molecule has 0 fully saturated rings. The summed E-state index contributed by atoms with van der Waals surface area (Å²) in [6.45, 7) is 1.64. The average molecular weight is 466 g/mol. The van der Waals surface area contributed by atoms with E-state index >= 15 is 0 Å². The summed E-state index contributed by atoms with van der Waals surface area (Å²) < 4.78 is 2.00. The van der Waals surface area contributed by atoms with Crippen molar-refractivity contribution in [3.8, 4) is 0 Å². The fourth-order valence-corrected chi connectivity index (χ4v) is 4.48. The van der Waals surface area contributed by atoms with Crippen molar-refractivity contribution in [1.29, 1.82) is 0 Å². The Hall–Kier alpha value is -4.26. The zero-order valence-electron chi connectivity index (χ0n) is 19.4. The Morgan fingerprint density at radius 2 is 1.66 bits per heavy atom. The van der Waals surface area contributed by atoms with Gasteiger partial charge >= 0.3 is 0 Å². The van der Waals surface area contributed by atoms with Crippen LogP contribution in [0.15, 0.2) is 91.4 Å². The molecule has 2 amide bonds. The van der Waals surface area contributed by atoms with Crippen molar-refractivity contribution in [1.82, 2.24) is 24.8 Å². The van der Waals surface area contributed by atoms with E-state index < -0.39 is 0 Å². The molecule has 2 aromatic heterocycles. The first-order valence-electron chi connectivity index (χ1n) is 11.8. The summed E-state index contributed by atoms with van der Waals surface area (Å²) >= 11 is 0. The number of hydrogen-bond acceptors (Lipinski definition) is 4. The lowest BCUT2D eigenvalue weighted by Gasteiger charge is -2.36. The van der Waals surface area contributed by atoms with Crippen LogP contribution in [0.1, 0.15) is 39.0 Å². The van der Waals surface area contributed by atoms with Crippen LogP contribution < -0.4 is 5.32 Å². The van der Waals surface area contributed by atoms with Crippen molar-refractivity contribution in [2.45, 2.75) is 25.4 Å². The molecule has 0 aliphatic carbocycles. The van der Waals surface area contributed by atoms with Gasteiger partial charge in [0, 0.05) is 38.2 Å². The number of aromatic nitrogens is 3. The summed E-state index contributed by atoms with van der Waals surface area (Å²) in [4.78, 5) is 37.0. The van der Waals surface area contributed by atoms with Gasteiger partial charge in [-0.25, -0.2) is 4.98 Å². The lowest BCUT2D eigenvalue weighted by Crippen LogP contribution is -2.43. The molecule has 7 nitrogen and oxygen atoms in total. The monoisotopic (exact) mass is 465 g/mol. The lowest BCUT2D eigenvalue weighted by atomic mass is 10.0. The highest BCUT2D eigenvalue weighted by molar-refractivity contribution is 5.92. The molecule has 4 aromatic rings. The van der Waals surface area contributed by atoms with Crippen LogP contribution in [-0.2, 0) is 24.2 Å². The number of carbonyl (C=O) groups is 2. The minimum absolute atomic E-state index is 0.0433. The van der Waals surface area contributed by atoms with Gasteiger partial charge in [0.1, 0.15) is 17.6 Å². The van der Waals surface area contributed by atoms with Crippen LogP contribution in [0.2, 0.25) is 0 Å². The fraction of sp³-hybridized carbons (Fsp3) is 0.214. The summed E-state index contributed by atoms with van der Waals surface area (Å²) in [7, 11) is 0. The van der Waals surface area contributed by atoms with Crippen LogP contribution in [-0.4, -0.2) is 44.3 Å². The smallest absolute Gasteiger partial charge is 0.271 e. The van der Waals surface area contributed by atoms with Crippen molar-refractivity contribution >= 4 is 11.8 Å². The number of fused-ring (bicyclic) bond motifs is 1. The zero-order valence-corrected chi connectivity index (χ0v) is 19.4. The Kier molecular flexibility index (Phi) is 6.66. The van der Waals surface area contributed by atoms with Gasteiger partial charge in [0.05, 0.1) is 6.42 Å². The predicted octanol–water partition coefficient (Wildman–Crippen LogP) is 3.42. The Bertz CT molecular complexity index is 1290. The number of pyridine rings is 1. The molecule has 1 aliphatic heterocycles. The van der Waals surface area contributed by atoms with E-state index in [0.717, 1.165) is 16.7 Å². The zero-order chi connectivity index (χ0) is 24.0. The van der Waals surface area contributed by atoms with E-state index in [9.17, 15) is 9.59 Å². The Balaban J connectivity index is 1.36. The Morgan fingerprint density at radius 3 is 2.40 bits per heavy atom. The predicted molar refractivity (Wildman–Crippen MR) is 133 cm³/mol. The van der Waals surface area contributed by atoms with Gasteiger partial charge in [-0.3, -0.25) is 14.6 Å². The number of amides is 2. The standard InChI is InChI=1S/C28H27N5O2/c34-25(18-21-8-3-1-4-9-21)33-17-16-32-20-24(28(35)30-15-13-22-10-7-14-29-19-22)31-27(32)26(33)23-11-5-2-6-12-23/h1-12,14,19-20,26H,13,15-18H2,(H,30,35). The van der Waals surface area contributed by atoms with Gasteiger partial charge in [0.15, 0.2) is 0 Å². The lowest BCUT2D eigenvalue weighted by molar-refractivity contribution is -0.133. The van der Waals surface area contributed by atoms with E-state index in [1.807, 2.05) is 82.3 Å². The van der Waals surface area contributed by atoms with Crippen LogP contribution in [0.4, 0.5) is 0 Å². The van der Waals surface area contributed by atoms with Gasteiger partial charge in [-0.15, -0.1) is 0 Å². The van der Waals surface area contributed by atoms with E-state index in [-0.39, 0.29) is 17.9 Å². The molecule has 35 heavy (non-hydrogen) atoms. The minimum Gasteiger partial charge on any atom is -0.350 e. The second-order valence-corrected chi connectivity index (χ2v) is 8.61. The number of nitrogens with zero attached hydrogens (tertiary/aromatic N) is 4. The Labute approximate surface area is 204 Å². The van der Waals surface area contributed by atoms with Crippen molar-refractivity contribution in [3.05, 3.63) is 120 Å². The summed E-state index contributed by atoms with van der Waals surface area (Å²) in [5, 5.41) is 2.95. The van der Waals surface area contributed by atoms with Crippen molar-refractivity contribution in [2.24, 2.45) is 0 Å². The van der Waals surface area contributed by atoms with E-state index in [1.165, 1.54) is 0 Å². The minimum atomic E-state index is -0.349. The third-order valence-electron chi connectivity index (χ3n) is 6.23. The molecule has 0 spiro atoms. The largest absolute Gasteiger partial charge is 0.350 e. The molecule has 0 saturated carbocycles. The molecule has 3 heterocycles. The highest BCUT2D eigenvalue weighted by atomic mass is 16.2. The highest BCUT2D eigenvalue weighted by Crippen LogP contribution is 2.32. The molecule has 7 heteroatoms. The van der Waals surface area contributed by atoms with Crippen LogP contribution in [0.3, 0.4) is 0 Å². The van der Waals surface area contributed by atoms with Gasteiger partial charge < -0.3 is 14.8 Å². The van der Waals surface area contributed by atoms with Crippen molar-refractivity contribution in [2.75, 3.05) is 13.1 Å². The van der Waals surface area contributed by atoms with Gasteiger partial charge in [-0.1, -0.05) is 66.7 Å². The van der Waals surface area contributed by atoms with E-state index in [0.29, 0.717) is 44.0 Å². The summed E-state index contributed by atoms with van der Waals surface area (Å²) in [5.74, 6) is 0.535. The molecule has 1 aliphatic rings. The molecular weight excluding hydrogens is 438 g/mol. The first kappa shape index (κ1) is 22.5. The van der Waals surface area contributed by atoms with Gasteiger partial charge in [-0.05, 0) is 29.2 Å². The van der Waals surface area contributed by atoms with Crippen LogP contribution in [0, 0.1) is 0 Å². The molecular formula is C28H27N5O2. The first-order chi connectivity index (χ1) is 17.2. The van der Waals surface area contributed by atoms with Crippen LogP contribution >= 0.6 is 0 Å². The molecule has 0 bridgehead atoms. The number of carbonyl (C=O) groups excluding carboxylic acids is 2. The molecule has 1 N–H and O–H groups in total. The quantitative estimate of drug-likeness (QED) is 0.454. The summed E-state index contributed by atoms with van der Waals surface area (Å²) in [5.41, 5.74) is 3.38. The normalized spacial score (nSPS) is 14.9. The number of benzene rings is 2. The molecule has 176 valence electrons. The van der Waals surface area contributed by atoms with Crippen molar-refractivity contribution < 1.29 is 9.59 Å². The van der Waals surface area contributed by atoms with Gasteiger partial charge in [-0.2, -0.15) is 0 Å². The van der Waals surface area contributed by atoms with Gasteiger partial charge in [0.25, 0.3) is 5.91 Å². The summed E-state index contributed by atoms with van der Waals surface area (Å²) in [6, 6.07) is 23.2. The number of nitrogens with one attached hydrogen (secondary N) is 1. The van der Waals surface area contributed by atoms with Crippen LogP contribution in [0.25, 0.3) is 0 Å². The first-order valence-corrected chi connectivity index (χ1v) is 11.8. The van der Waals surface area contributed by atoms with E-state index in [4.69, 9.17) is 4.98 Å². The Morgan fingerprint density at radius 1 is 0.914 bits per heavy atom. The average Bonchev–Trinajstić information content (AvgIpc) is 3.34. The molecule has 1 atom stereocenters. The highest BCUT2D eigenvalue weighted by Gasteiger charge is 2.34.